The molecule has 2 rings (SSSR count). The van der Waals surface area contributed by atoms with Crippen LogP contribution in [0.25, 0.3) is 0 Å². The van der Waals surface area contributed by atoms with Crippen molar-refractivity contribution in [2.24, 2.45) is 0 Å². The minimum absolute atomic E-state index is 0.00901. The van der Waals surface area contributed by atoms with Crippen molar-refractivity contribution in [3.8, 4) is 11.5 Å². The number of rotatable bonds is 10. The predicted octanol–water partition coefficient (Wildman–Crippen LogP) is 3.16. The van der Waals surface area contributed by atoms with Gasteiger partial charge in [0.1, 0.15) is 11.8 Å². The molecule has 0 aliphatic carbocycles. The molecule has 2 aromatic carbocycles. The number of carbonyl (C=O) groups is 2. The van der Waals surface area contributed by atoms with E-state index in [9.17, 15) is 14.0 Å². The number of hydrogen-bond acceptors (Lipinski definition) is 4. The average molecular weight is 402 g/mol. The molecule has 0 heterocycles. The van der Waals surface area contributed by atoms with Gasteiger partial charge in [-0.3, -0.25) is 9.59 Å². The summed E-state index contributed by atoms with van der Waals surface area (Å²) in [6.07, 6.45) is 0.790. The van der Waals surface area contributed by atoms with Crippen LogP contribution in [0.5, 0.6) is 11.5 Å². The van der Waals surface area contributed by atoms with Gasteiger partial charge in [0.05, 0.1) is 7.11 Å². The van der Waals surface area contributed by atoms with Gasteiger partial charge in [0.2, 0.25) is 5.91 Å². The minimum Gasteiger partial charge on any atom is -0.497 e. The predicted molar refractivity (Wildman–Crippen MR) is 108 cm³/mol. The maximum absolute atomic E-state index is 13.8. The Labute approximate surface area is 170 Å². The molecule has 0 saturated heterocycles. The molecule has 0 bridgehead atoms. The van der Waals surface area contributed by atoms with E-state index in [0.717, 1.165) is 12.0 Å². The average Bonchev–Trinajstić information content (AvgIpc) is 2.74. The van der Waals surface area contributed by atoms with E-state index in [1.165, 1.54) is 17.0 Å². The molecule has 0 spiro atoms. The van der Waals surface area contributed by atoms with E-state index in [1.807, 2.05) is 19.1 Å². The largest absolute Gasteiger partial charge is 0.497 e. The molecule has 1 N–H and O–H groups in total. The summed E-state index contributed by atoms with van der Waals surface area (Å²) < 4.78 is 24.3. The number of methoxy groups -OCH3 is 1. The molecule has 0 saturated carbocycles. The summed E-state index contributed by atoms with van der Waals surface area (Å²) in [5, 5.41) is 2.80. The van der Waals surface area contributed by atoms with Crippen molar-refractivity contribution in [2.75, 3.05) is 20.3 Å². The summed E-state index contributed by atoms with van der Waals surface area (Å²) in [6.45, 7) is 3.95. The Balaban J connectivity index is 2.16. The van der Waals surface area contributed by atoms with Crippen molar-refractivity contribution >= 4 is 11.8 Å². The third kappa shape index (κ3) is 6.48. The van der Waals surface area contributed by atoms with E-state index in [-0.39, 0.29) is 24.8 Å². The zero-order valence-corrected chi connectivity index (χ0v) is 17.0. The van der Waals surface area contributed by atoms with Crippen molar-refractivity contribution in [3.05, 3.63) is 59.9 Å². The van der Waals surface area contributed by atoms with Crippen LogP contribution in [0, 0.1) is 5.82 Å². The Bertz CT molecular complexity index is 828. The zero-order valence-electron chi connectivity index (χ0n) is 17.0. The van der Waals surface area contributed by atoms with E-state index in [4.69, 9.17) is 9.47 Å². The molecule has 0 unspecified atom stereocenters. The van der Waals surface area contributed by atoms with Gasteiger partial charge in [-0.1, -0.05) is 31.2 Å². The summed E-state index contributed by atoms with van der Waals surface area (Å²) in [5.74, 6) is -0.580. The minimum atomic E-state index is -0.718. The van der Waals surface area contributed by atoms with Crippen molar-refractivity contribution in [2.45, 2.75) is 32.9 Å². The van der Waals surface area contributed by atoms with Crippen LogP contribution in [0.2, 0.25) is 0 Å². The monoisotopic (exact) mass is 402 g/mol. The van der Waals surface area contributed by atoms with Gasteiger partial charge in [0.25, 0.3) is 5.91 Å². The molecule has 7 heteroatoms. The highest BCUT2D eigenvalue weighted by Crippen LogP contribution is 2.18. The molecule has 0 aliphatic rings. The normalized spacial score (nSPS) is 11.4. The number of hydrogen-bond donors (Lipinski definition) is 1. The zero-order chi connectivity index (χ0) is 21.2. The smallest absolute Gasteiger partial charge is 0.261 e. The number of carbonyl (C=O) groups excluding carboxylic acids is 2. The van der Waals surface area contributed by atoms with Crippen LogP contribution in [0.15, 0.2) is 48.5 Å². The topological polar surface area (TPSA) is 67.9 Å². The molecule has 2 amide bonds. The van der Waals surface area contributed by atoms with E-state index < -0.39 is 17.8 Å². The Morgan fingerprint density at radius 3 is 2.62 bits per heavy atom. The van der Waals surface area contributed by atoms with Crippen LogP contribution >= 0.6 is 0 Å². The van der Waals surface area contributed by atoms with Crippen LogP contribution in [-0.4, -0.2) is 43.0 Å². The third-order valence-electron chi connectivity index (χ3n) is 4.39. The summed E-state index contributed by atoms with van der Waals surface area (Å²) in [4.78, 5) is 26.7. The van der Waals surface area contributed by atoms with Crippen LogP contribution in [-0.2, 0) is 16.1 Å². The van der Waals surface area contributed by atoms with E-state index in [0.29, 0.717) is 12.3 Å². The van der Waals surface area contributed by atoms with Gasteiger partial charge < -0.3 is 19.7 Å². The number of amides is 2. The van der Waals surface area contributed by atoms with Crippen molar-refractivity contribution in [3.63, 3.8) is 0 Å². The Morgan fingerprint density at radius 1 is 1.17 bits per heavy atom. The van der Waals surface area contributed by atoms with Gasteiger partial charge >= 0.3 is 0 Å². The Hall–Kier alpha value is -3.09. The lowest BCUT2D eigenvalue weighted by Crippen LogP contribution is -2.49. The highest BCUT2D eigenvalue weighted by Gasteiger charge is 2.26. The Kier molecular flexibility index (Phi) is 8.45. The van der Waals surface area contributed by atoms with Crippen LogP contribution < -0.4 is 14.8 Å². The first-order chi connectivity index (χ1) is 14.0. The number of nitrogens with zero attached hydrogens (tertiary/aromatic N) is 1. The molecule has 0 aromatic heterocycles. The molecule has 0 aliphatic heterocycles. The maximum atomic E-state index is 13.8. The summed E-state index contributed by atoms with van der Waals surface area (Å²) in [5.41, 5.74) is 0.804. The molecule has 6 nitrogen and oxygen atoms in total. The number of ether oxygens (including phenoxy) is 2. The standard InChI is InChI=1S/C22H27FN2O4/c1-4-12-24-22(27)16(2)25(14-17-8-7-9-18(13-17)28-3)21(26)15-29-20-11-6-5-10-19(20)23/h5-11,13,16H,4,12,14-15H2,1-3H3,(H,24,27)/t16-/m1/s1. The number of halogens is 1. The summed E-state index contributed by atoms with van der Waals surface area (Å²) in [6, 6.07) is 12.4. The van der Waals surface area contributed by atoms with Gasteiger partial charge in [-0.25, -0.2) is 4.39 Å². The highest BCUT2D eigenvalue weighted by molar-refractivity contribution is 5.87. The number of nitrogens with one attached hydrogen (secondary N) is 1. The maximum Gasteiger partial charge on any atom is 0.261 e. The number of para-hydroxylation sites is 1. The van der Waals surface area contributed by atoms with E-state index in [1.54, 1.807) is 38.3 Å². The third-order valence-corrected chi connectivity index (χ3v) is 4.39. The first-order valence-electron chi connectivity index (χ1n) is 9.53. The fourth-order valence-corrected chi connectivity index (χ4v) is 2.73. The van der Waals surface area contributed by atoms with Gasteiger partial charge in [0.15, 0.2) is 18.2 Å². The highest BCUT2D eigenvalue weighted by atomic mass is 19.1. The van der Waals surface area contributed by atoms with Gasteiger partial charge in [-0.05, 0) is 43.2 Å². The molecular weight excluding hydrogens is 375 g/mol. The van der Waals surface area contributed by atoms with E-state index in [2.05, 4.69) is 5.32 Å². The van der Waals surface area contributed by atoms with Gasteiger partial charge in [-0.15, -0.1) is 0 Å². The molecule has 2 aromatic rings. The van der Waals surface area contributed by atoms with Crippen LogP contribution in [0.3, 0.4) is 0 Å². The van der Waals surface area contributed by atoms with Crippen molar-refractivity contribution < 1.29 is 23.5 Å². The lowest BCUT2D eigenvalue weighted by molar-refractivity contribution is -0.142. The quantitative estimate of drug-likeness (QED) is 0.663. The first kappa shape index (κ1) is 22.2. The second-order valence-corrected chi connectivity index (χ2v) is 6.56. The Morgan fingerprint density at radius 2 is 1.93 bits per heavy atom. The number of benzene rings is 2. The van der Waals surface area contributed by atoms with Crippen molar-refractivity contribution in [1.82, 2.24) is 10.2 Å². The SMILES string of the molecule is CCCNC(=O)[C@@H](C)N(Cc1cccc(OC)c1)C(=O)COc1ccccc1F. The molecule has 156 valence electrons. The summed E-state index contributed by atoms with van der Waals surface area (Å²) in [7, 11) is 1.56. The van der Waals surface area contributed by atoms with Gasteiger partial charge in [-0.2, -0.15) is 0 Å². The van der Waals surface area contributed by atoms with Crippen LogP contribution in [0.4, 0.5) is 4.39 Å². The van der Waals surface area contributed by atoms with Gasteiger partial charge in [0, 0.05) is 13.1 Å². The van der Waals surface area contributed by atoms with Crippen LogP contribution in [0.1, 0.15) is 25.8 Å². The lowest BCUT2D eigenvalue weighted by Gasteiger charge is -2.28. The molecule has 0 fully saturated rings. The second kappa shape index (κ2) is 11.0. The molecule has 29 heavy (non-hydrogen) atoms. The molecule has 1 atom stereocenters. The molecule has 0 radical (unpaired) electrons. The fourth-order valence-electron chi connectivity index (χ4n) is 2.73. The van der Waals surface area contributed by atoms with E-state index >= 15 is 0 Å². The van der Waals surface area contributed by atoms with Crippen molar-refractivity contribution in [1.29, 1.82) is 0 Å². The fraction of sp³-hybridized carbons (Fsp3) is 0.364. The lowest BCUT2D eigenvalue weighted by atomic mass is 10.1. The first-order valence-corrected chi connectivity index (χ1v) is 9.53. The molecular formula is C22H27FN2O4. The summed E-state index contributed by atoms with van der Waals surface area (Å²) >= 11 is 0. The second-order valence-electron chi connectivity index (χ2n) is 6.56.